The van der Waals surface area contributed by atoms with Crippen LogP contribution in [0.1, 0.15) is 35.7 Å². The molecule has 1 rings (SSSR count). The monoisotopic (exact) mass is 331 g/mol. The molecule has 0 spiro atoms. The zero-order chi connectivity index (χ0) is 18.1. The van der Waals surface area contributed by atoms with Crippen molar-refractivity contribution >= 4 is 17.7 Å². The van der Waals surface area contributed by atoms with Gasteiger partial charge in [-0.2, -0.15) is 0 Å². The van der Waals surface area contributed by atoms with Crippen LogP contribution < -0.4 is 10.8 Å². The summed E-state index contributed by atoms with van der Waals surface area (Å²) in [5.41, 5.74) is 2.47. The number of benzene rings is 1. The van der Waals surface area contributed by atoms with Gasteiger partial charge in [-0.25, -0.2) is 5.48 Å². The second kappa shape index (κ2) is 9.33. The van der Waals surface area contributed by atoms with Gasteiger partial charge in [0.05, 0.1) is 0 Å². The number of nitrogens with zero attached hydrogens (tertiary/aromatic N) is 1. The molecular weight excluding hydrogens is 310 g/mol. The van der Waals surface area contributed by atoms with Crippen molar-refractivity contribution in [3.05, 3.63) is 35.4 Å². The maximum Gasteiger partial charge on any atom is 0.275 e. The fourth-order valence-electron chi connectivity index (χ4n) is 1.98. The highest BCUT2D eigenvalue weighted by molar-refractivity contribution is 6.08. The van der Waals surface area contributed by atoms with Crippen molar-refractivity contribution in [2.24, 2.45) is 0 Å². The lowest BCUT2D eigenvalue weighted by Gasteiger charge is -2.25. The Morgan fingerprint density at radius 3 is 2.33 bits per heavy atom. The Kier molecular flexibility index (Phi) is 7.46. The first-order chi connectivity index (χ1) is 11.5. The van der Waals surface area contributed by atoms with Crippen LogP contribution in [-0.4, -0.2) is 48.0 Å². The molecule has 3 amide bonds. The van der Waals surface area contributed by atoms with Gasteiger partial charge in [-0.1, -0.05) is 18.8 Å². The summed E-state index contributed by atoms with van der Waals surface area (Å²) in [7, 11) is 2.65. The Morgan fingerprint density at radius 1 is 1.21 bits per heavy atom. The molecule has 0 saturated carbocycles. The molecule has 0 bridgehead atoms. The Bertz CT molecular complexity index is 643. The molecule has 1 unspecified atom stereocenters. The molecule has 0 aromatic heterocycles. The summed E-state index contributed by atoms with van der Waals surface area (Å²) in [6.07, 6.45) is 1.77. The van der Waals surface area contributed by atoms with Crippen LogP contribution in [0.4, 0.5) is 0 Å². The van der Waals surface area contributed by atoms with E-state index in [1.807, 2.05) is 6.92 Å². The van der Waals surface area contributed by atoms with Crippen LogP contribution in [0, 0.1) is 11.8 Å². The molecule has 3 N–H and O–H groups in total. The van der Waals surface area contributed by atoms with Crippen molar-refractivity contribution in [2.75, 3.05) is 14.1 Å². The highest BCUT2D eigenvalue weighted by Gasteiger charge is 2.33. The first-order valence-corrected chi connectivity index (χ1v) is 7.47. The molecule has 7 nitrogen and oxygen atoms in total. The average Bonchev–Trinajstić information content (AvgIpc) is 2.61. The van der Waals surface area contributed by atoms with E-state index in [1.54, 1.807) is 24.3 Å². The van der Waals surface area contributed by atoms with E-state index in [4.69, 9.17) is 5.21 Å². The van der Waals surface area contributed by atoms with Crippen molar-refractivity contribution in [2.45, 2.75) is 25.8 Å². The zero-order valence-electron chi connectivity index (χ0n) is 13.9. The van der Waals surface area contributed by atoms with Crippen molar-refractivity contribution in [3.63, 3.8) is 0 Å². The largest absolute Gasteiger partial charge is 0.357 e. The highest BCUT2D eigenvalue weighted by atomic mass is 16.5. The van der Waals surface area contributed by atoms with Crippen molar-refractivity contribution in [1.29, 1.82) is 0 Å². The first kappa shape index (κ1) is 19.2. The highest BCUT2D eigenvalue weighted by Crippen LogP contribution is 2.09. The number of rotatable bonds is 5. The second-order valence-electron chi connectivity index (χ2n) is 5.04. The minimum atomic E-state index is -1.48. The first-order valence-electron chi connectivity index (χ1n) is 7.47. The number of carbonyl (C=O) groups excluding carboxylic acids is 3. The SMILES string of the molecule is CCCC#Cc1ccc(C(=O)N(C)C(C(=O)NC)C(=O)NO)cc1. The molecule has 0 fully saturated rings. The quantitative estimate of drug-likeness (QED) is 0.317. The number of amides is 3. The van der Waals surface area contributed by atoms with E-state index in [1.165, 1.54) is 19.6 Å². The molecule has 0 aliphatic rings. The molecule has 1 atom stereocenters. The summed E-state index contributed by atoms with van der Waals surface area (Å²) in [5, 5.41) is 11.0. The van der Waals surface area contributed by atoms with Crippen LogP contribution in [-0.2, 0) is 9.59 Å². The van der Waals surface area contributed by atoms with Crippen LogP contribution in [0.2, 0.25) is 0 Å². The van der Waals surface area contributed by atoms with Crippen LogP contribution in [0.25, 0.3) is 0 Å². The summed E-state index contributed by atoms with van der Waals surface area (Å²) in [5.74, 6) is 3.76. The van der Waals surface area contributed by atoms with Crippen LogP contribution in [0.15, 0.2) is 24.3 Å². The lowest BCUT2D eigenvalue weighted by Crippen LogP contribution is -2.54. The minimum Gasteiger partial charge on any atom is -0.357 e. The van der Waals surface area contributed by atoms with E-state index in [0.29, 0.717) is 5.56 Å². The third-order valence-corrected chi connectivity index (χ3v) is 3.30. The van der Waals surface area contributed by atoms with E-state index >= 15 is 0 Å². The third-order valence-electron chi connectivity index (χ3n) is 3.30. The molecule has 0 aliphatic heterocycles. The van der Waals surface area contributed by atoms with Crippen molar-refractivity contribution in [1.82, 2.24) is 15.7 Å². The predicted molar refractivity (Wildman–Crippen MR) is 88.1 cm³/mol. The standard InChI is InChI=1S/C17H21N3O4/c1-4-5-6-7-12-8-10-13(11-9-12)17(23)20(3)14(15(21)18-2)16(22)19-24/h8-11,14,24H,4-5H2,1-3H3,(H,18,21)(H,19,22). The fraction of sp³-hybridized carbons (Fsp3) is 0.353. The van der Waals surface area contributed by atoms with E-state index in [9.17, 15) is 14.4 Å². The molecular formula is C17H21N3O4. The Labute approximate surface area is 141 Å². The van der Waals surface area contributed by atoms with Crippen LogP contribution in [0.3, 0.4) is 0 Å². The molecule has 24 heavy (non-hydrogen) atoms. The lowest BCUT2D eigenvalue weighted by atomic mass is 10.1. The third kappa shape index (κ3) is 4.83. The summed E-state index contributed by atoms with van der Waals surface area (Å²) in [6.45, 7) is 2.04. The number of hydrogen-bond donors (Lipinski definition) is 3. The number of hydroxylamine groups is 1. The van der Waals surface area contributed by atoms with E-state index in [0.717, 1.165) is 23.3 Å². The van der Waals surface area contributed by atoms with Gasteiger partial charge in [0.2, 0.25) is 0 Å². The molecule has 7 heteroatoms. The Balaban J connectivity index is 2.97. The number of carbonyl (C=O) groups is 3. The normalized spacial score (nSPS) is 10.8. The van der Waals surface area contributed by atoms with E-state index in [2.05, 4.69) is 17.2 Å². The van der Waals surface area contributed by atoms with Gasteiger partial charge in [0.25, 0.3) is 17.7 Å². The van der Waals surface area contributed by atoms with Gasteiger partial charge in [-0.05, 0) is 30.7 Å². The molecule has 1 aromatic carbocycles. The van der Waals surface area contributed by atoms with Crippen molar-refractivity contribution in [3.8, 4) is 11.8 Å². The topological polar surface area (TPSA) is 98.7 Å². The molecule has 0 radical (unpaired) electrons. The van der Waals surface area contributed by atoms with Gasteiger partial charge < -0.3 is 10.2 Å². The average molecular weight is 331 g/mol. The summed E-state index contributed by atoms with van der Waals surface area (Å²) >= 11 is 0. The molecule has 0 heterocycles. The van der Waals surface area contributed by atoms with Gasteiger partial charge in [0.15, 0.2) is 6.04 Å². The maximum absolute atomic E-state index is 12.4. The summed E-state index contributed by atoms with van der Waals surface area (Å²) in [6, 6.07) is 5.07. The Hall–Kier alpha value is -2.85. The van der Waals surface area contributed by atoms with Gasteiger partial charge in [0, 0.05) is 31.6 Å². The second-order valence-corrected chi connectivity index (χ2v) is 5.04. The summed E-state index contributed by atoms with van der Waals surface area (Å²) in [4.78, 5) is 36.9. The zero-order valence-corrected chi connectivity index (χ0v) is 13.9. The van der Waals surface area contributed by atoms with E-state index < -0.39 is 23.8 Å². The maximum atomic E-state index is 12.4. The smallest absolute Gasteiger partial charge is 0.275 e. The van der Waals surface area contributed by atoms with Crippen molar-refractivity contribution < 1.29 is 19.6 Å². The van der Waals surface area contributed by atoms with Gasteiger partial charge >= 0.3 is 0 Å². The predicted octanol–water partition coefficient (Wildman–Crippen LogP) is 0.530. The number of nitrogens with one attached hydrogen (secondary N) is 2. The fourth-order valence-corrected chi connectivity index (χ4v) is 1.98. The van der Waals surface area contributed by atoms with Gasteiger partial charge in [-0.15, -0.1) is 0 Å². The molecule has 1 aromatic rings. The van der Waals surface area contributed by atoms with Gasteiger partial charge in [-0.3, -0.25) is 19.6 Å². The van der Waals surface area contributed by atoms with Gasteiger partial charge in [0.1, 0.15) is 0 Å². The molecule has 0 saturated heterocycles. The number of likely N-dealkylation sites (N-methyl/N-ethyl adjacent to an activating group) is 2. The van der Waals surface area contributed by atoms with Crippen LogP contribution in [0.5, 0.6) is 0 Å². The lowest BCUT2D eigenvalue weighted by molar-refractivity contribution is -0.140. The number of hydrogen-bond acceptors (Lipinski definition) is 4. The summed E-state index contributed by atoms with van der Waals surface area (Å²) < 4.78 is 0. The Morgan fingerprint density at radius 2 is 1.83 bits per heavy atom. The number of unbranched alkanes of at least 4 members (excludes halogenated alkanes) is 1. The van der Waals surface area contributed by atoms with E-state index in [-0.39, 0.29) is 0 Å². The molecule has 0 aliphatic carbocycles. The minimum absolute atomic E-state index is 0.304. The molecule has 128 valence electrons. The van der Waals surface area contributed by atoms with Crippen LogP contribution >= 0.6 is 0 Å².